The number of aliphatic imine (C=N–C) groups is 1. The summed E-state index contributed by atoms with van der Waals surface area (Å²) in [5.74, 6) is -0.947. The minimum atomic E-state index is -0.826. The van der Waals surface area contributed by atoms with E-state index in [4.69, 9.17) is 0 Å². The summed E-state index contributed by atoms with van der Waals surface area (Å²) >= 11 is 1.62. The SMILES string of the molecule is CCNC(=NCc1ncc(C)s1)NCC(C)c1ccc(F)c(F)c1.I. The van der Waals surface area contributed by atoms with Gasteiger partial charge in [-0.1, -0.05) is 13.0 Å². The molecule has 1 aromatic carbocycles. The van der Waals surface area contributed by atoms with Crippen molar-refractivity contribution in [2.24, 2.45) is 4.99 Å². The summed E-state index contributed by atoms with van der Waals surface area (Å²) in [7, 11) is 0. The number of hydrogen-bond donors (Lipinski definition) is 2. The largest absolute Gasteiger partial charge is 0.357 e. The Bertz CT molecular complexity index is 706. The smallest absolute Gasteiger partial charge is 0.191 e. The highest BCUT2D eigenvalue weighted by molar-refractivity contribution is 14.0. The molecular weight excluding hydrogens is 457 g/mol. The highest BCUT2D eigenvalue weighted by Gasteiger charge is 2.10. The van der Waals surface area contributed by atoms with Gasteiger partial charge < -0.3 is 10.6 Å². The third kappa shape index (κ3) is 6.85. The summed E-state index contributed by atoms with van der Waals surface area (Å²) in [4.78, 5) is 9.95. The number of guanidine groups is 1. The molecule has 25 heavy (non-hydrogen) atoms. The zero-order valence-electron chi connectivity index (χ0n) is 14.5. The second-order valence-corrected chi connectivity index (χ2v) is 6.83. The van der Waals surface area contributed by atoms with Crippen molar-refractivity contribution in [3.8, 4) is 0 Å². The Labute approximate surface area is 168 Å². The first kappa shape index (κ1) is 21.8. The van der Waals surface area contributed by atoms with Gasteiger partial charge >= 0.3 is 0 Å². The van der Waals surface area contributed by atoms with Crippen molar-refractivity contribution >= 4 is 41.3 Å². The van der Waals surface area contributed by atoms with Crippen molar-refractivity contribution < 1.29 is 8.78 Å². The topological polar surface area (TPSA) is 49.3 Å². The number of benzene rings is 1. The fourth-order valence-electron chi connectivity index (χ4n) is 2.15. The van der Waals surface area contributed by atoms with Crippen molar-refractivity contribution in [3.63, 3.8) is 0 Å². The molecule has 2 N–H and O–H groups in total. The lowest BCUT2D eigenvalue weighted by Gasteiger charge is -2.16. The Morgan fingerprint density at radius 1 is 1.28 bits per heavy atom. The molecule has 0 aliphatic rings. The maximum absolute atomic E-state index is 13.3. The Kier molecular flexibility index (Phi) is 9.26. The number of nitrogens with one attached hydrogen (secondary N) is 2. The van der Waals surface area contributed by atoms with Gasteiger partial charge in [-0.15, -0.1) is 35.3 Å². The standard InChI is InChI=1S/C17H22F2N4S.HI/c1-4-20-17(23-10-16-21-9-12(3)24-16)22-8-11(2)13-5-6-14(18)15(19)7-13;/h5-7,9,11H,4,8,10H2,1-3H3,(H2,20,22,23);1H. The zero-order valence-corrected chi connectivity index (χ0v) is 17.6. The first-order valence-corrected chi connectivity index (χ1v) is 8.69. The Hall–Kier alpha value is -1.29. The zero-order chi connectivity index (χ0) is 17.5. The number of thiazole rings is 1. The number of hydrogen-bond acceptors (Lipinski definition) is 3. The van der Waals surface area contributed by atoms with Crippen LogP contribution < -0.4 is 10.6 Å². The maximum Gasteiger partial charge on any atom is 0.191 e. The summed E-state index contributed by atoms with van der Waals surface area (Å²) in [6.07, 6.45) is 1.83. The predicted octanol–water partition coefficient (Wildman–Crippen LogP) is 4.21. The second kappa shape index (κ2) is 10.6. The van der Waals surface area contributed by atoms with Crippen molar-refractivity contribution in [2.75, 3.05) is 13.1 Å². The molecule has 138 valence electrons. The molecule has 8 heteroatoms. The average Bonchev–Trinajstić information content (AvgIpc) is 2.98. The predicted molar refractivity (Wildman–Crippen MR) is 110 cm³/mol. The maximum atomic E-state index is 13.3. The van der Waals surface area contributed by atoms with Crippen LogP contribution in [0.3, 0.4) is 0 Å². The van der Waals surface area contributed by atoms with Crippen LogP contribution in [0.1, 0.15) is 35.2 Å². The van der Waals surface area contributed by atoms with Crippen LogP contribution in [0.4, 0.5) is 8.78 Å². The molecule has 0 aliphatic heterocycles. The molecule has 2 aromatic rings. The number of aromatic nitrogens is 1. The normalized spacial score (nSPS) is 12.4. The highest BCUT2D eigenvalue weighted by Crippen LogP contribution is 2.17. The monoisotopic (exact) mass is 480 g/mol. The molecule has 4 nitrogen and oxygen atoms in total. The molecular formula is C17H23F2IN4S. The van der Waals surface area contributed by atoms with Crippen molar-refractivity contribution in [2.45, 2.75) is 33.2 Å². The molecule has 2 rings (SSSR count). The van der Waals surface area contributed by atoms with Gasteiger partial charge in [0.1, 0.15) is 5.01 Å². The summed E-state index contributed by atoms with van der Waals surface area (Å²) in [6, 6.07) is 4.00. The molecule has 0 amide bonds. The molecule has 1 aromatic heterocycles. The molecule has 0 saturated heterocycles. The Balaban J connectivity index is 0.00000312. The van der Waals surface area contributed by atoms with Crippen molar-refractivity contribution in [1.29, 1.82) is 0 Å². The van der Waals surface area contributed by atoms with E-state index in [-0.39, 0.29) is 29.9 Å². The van der Waals surface area contributed by atoms with Gasteiger partial charge in [0.15, 0.2) is 17.6 Å². The van der Waals surface area contributed by atoms with Crippen LogP contribution in [0, 0.1) is 18.6 Å². The van der Waals surface area contributed by atoms with E-state index in [1.807, 2.05) is 27.0 Å². The van der Waals surface area contributed by atoms with Gasteiger partial charge in [-0.3, -0.25) is 0 Å². The van der Waals surface area contributed by atoms with Crippen LogP contribution in [0.25, 0.3) is 0 Å². The molecule has 1 heterocycles. The minimum absolute atomic E-state index is 0. The summed E-state index contributed by atoms with van der Waals surface area (Å²) in [6.45, 7) is 7.76. The van der Waals surface area contributed by atoms with Gasteiger partial charge in [-0.25, -0.2) is 18.8 Å². The van der Waals surface area contributed by atoms with Gasteiger partial charge in [0.05, 0.1) is 6.54 Å². The van der Waals surface area contributed by atoms with E-state index in [2.05, 4.69) is 20.6 Å². The lowest BCUT2D eigenvalue weighted by molar-refractivity contribution is 0.505. The van der Waals surface area contributed by atoms with E-state index in [1.165, 1.54) is 6.07 Å². The Morgan fingerprint density at radius 3 is 2.64 bits per heavy atom. The lowest BCUT2D eigenvalue weighted by Crippen LogP contribution is -2.39. The molecule has 1 atom stereocenters. The molecule has 0 spiro atoms. The van der Waals surface area contributed by atoms with E-state index in [0.29, 0.717) is 19.0 Å². The van der Waals surface area contributed by atoms with E-state index in [0.717, 1.165) is 28.1 Å². The van der Waals surface area contributed by atoms with Crippen LogP contribution >= 0.6 is 35.3 Å². The molecule has 1 unspecified atom stereocenters. The third-order valence-corrected chi connectivity index (χ3v) is 4.37. The van der Waals surface area contributed by atoms with Crippen LogP contribution in [0.2, 0.25) is 0 Å². The van der Waals surface area contributed by atoms with Gasteiger partial charge in [-0.05, 0) is 37.5 Å². The quantitative estimate of drug-likeness (QED) is 0.370. The van der Waals surface area contributed by atoms with Gasteiger partial charge in [0, 0.05) is 24.2 Å². The third-order valence-electron chi connectivity index (χ3n) is 3.47. The number of halogens is 3. The number of aryl methyl sites for hydroxylation is 1. The first-order chi connectivity index (χ1) is 11.5. The lowest BCUT2D eigenvalue weighted by atomic mass is 10.0. The van der Waals surface area contributed by atoms with Crippen molar-refractivity contribution in [1.82, 2.24) is 15.6 Å². The fourth-order valence-corrected chi connectivity index (χ4v) is 2.86. The van der Waals surface area contributed by atoms with E-state index < -0.39 is 11.6 Å². The van der Waals surface area contributed by atoms with Crippen LogP contribution in [0.5, 0.6) is 0 Å². The van der Waals surface area contributed by atoms with Gasteiger partial charge in [-0.2, -0.15) is 0 Å². The average molecular weight is 480 g/mol. The summed E-state index contributed by atoms with van der Waals surface area (Å²) in [5.41, 5.74) is 0.743. The van der Waals surface area contributed by atoms with Gasteiger partial charge in [0.2, 0.25) is 0 Å². The van der Waals surface area contributed by atoms with E-state index >= 15 is 0 Å². The minimum Gasteiger partial charge on any atom is -0.357 e. The second-order valence-electron chi connectivity index (χ2n) is 5.52. The summed E-state index contributed by atoms with van der Waals surface area (Å²) in [5, 5.41) is 7.36. The van der Waals surface area contributed by atoms with E-state index in [1.54, 1.807) is 17.4 Å². The first-order valence-electron chi connectivity index (χ1n) is 7.88. The molecule has 0 saturated carbocycles. The molecule has 0 aliphatic carbocycles. The molecule has 0 radical (unpaired) electrons. The summed E-state index contributed by atoms with van der Waals surface area (Å²) < 4.78 is 26.3. The van der Waals surface area contributed by atoms with Gasteiger partial charge in [0.25, 0.3) is 0 Å². The fraction of sp³-hybridized carbons (Fsp3) is 0.412. The van der Waals surface area contributed by atoms with Crippen LogP contribution in [-0.4, -0.2) is 24.0 Å². The van der Waals surface area contributed by atoms with Crippen LogP contribution in [0.15, 0.2) is 29.4 Å². The Morgan fingerprint density at radius 2 is 2.04 bits per heavy atom. The van der Waals surface area contributed by atoms with Crippen molar-refractivity contribution in [3.05, 3.63) is 51.5 Å². The number of rotatable bonds is 6. The molecule has 0 bridgehead atoms. The highest BCUT2D eigenvalue weighted by atomic mass is 127. The molecule has 0 fully saturated rings. The van der Waals surface area contributed by atoms with Crippen LogP contribution in [-0.2, 0) is 6.54 Å². The number of nitrogens with zero attached hydrogens (tertiary/aromatic N) is 2. The van der Waals surface area contributed by atoms with E-state index in [9.17, 15) is 8.78 Å².